The van der Waals surface area contributed by atoms with Crippen molar-refractivity contribution >= 4 is 39.1 Å². The minimum Gasteiger partial charge on any atom is -0.355 e. The Morgan fingerprint density at radius 1 is 1.19 bits per heavy atom. The number of nitrogens with one attached hydrogen (secondary N) is 2. The van der Waals surface area contributed by atoms with Crippen molar-refractivity contribution in [3.05, 3.63) is 64.1 Å². The van der Waals surface area contributed by atoms with Crippen LogP contribution in [0.25, 0.3) is 10.2 Å². The Hall–Kier alpha value is -1.95. The lowest BCUT2D eigenvalue weighted by molar-refractivity contribution is -0.120. The van der Waals surface area contributed by atoms with Crippen molar-refractivity contribution in [1.29, 1.82) is 0 Å². The third kappa shape index (κ3) is 5.04. The molecule has 0 bridgehead atoms. The Bertz CT molecular complexity index is 830. The number of nitrogens with zero attached hydrogens (tertiary/aromatic N) is 1. The molecule has 2 aromatic carbocycles. The molecule has 0 fully saturated rings. The molecular weight excluding hydrogens is 366 g/mol. The second-order valence-electron chi connectivity index (χ2n) is 6.07. The topological polar surface area (TPSA) is 54.0 Å². The number of carbonyl (C=O) groups is 1. The number of hydrogen-bond acceptors (Lipinski definition) is 4. The SMILES string of the molecule is CCC(NCC(=O)NCCc1nc2ccccc2s1)c1ccc(Cl)cc1. The summed E-state index contributed by atoms with van der Waals surface area (Å²) in [5.74, 6) is -0.00137. The summed E-state index contributed by atoms with van der Waals surface area (Å²) in [6, 6.07) is 16.0. The average molecular weight is 388 g/mol. The van der Waals surface area contributed by atoms with E-state index in [1.165, 1.54) is 4.70 Å². The number of amides is 1. The number of thiazole rings is 1. The van der Waals surface area contributed by atoms with Crippen LogP contribution in [-0.4, -0.2) is 24.0 Å². The molecule has 6 heteroatoms. The Morgan fingerprint density at radius 3 is 2.69 bits per heavy atom. The smallest absolute Gasteiger partial charge is 0.233 e. The van der Waals surface area contributed by atoms with Crippen molar-refractivity contribution < 1.29 is 4.79 Å². The molecule has 0 aliphatic carbocycles. The molecule has 26 heavy (non-hydrogen) atoms. The average Bonchev–Trinajstić information content (AvgIpc) is 3.06. The predicted molar refractivity (Wildman–Crippen MR) is 109 cm³/mol. The van der Waals surface area contributed by atoms with Gasteiger partial charge >= 0.3 is 0 Å². The van der Waals surface area contributed by atoms with Crippen LogP contribution in [0.5, 0.6) is 0 Å². The van der Waals surface area contributed by atoms with E-state index in [-0.39, 0.29) is 11.9 Å². The number of benzene rings is 2. The number of aromatic nitrogens is 1. The summed E-state index contributed by atoms with van der Waals surface area (Å²) < 4.78 is 1.18. The van der Waals surface area contributed by atoms with E-state index in [1.54, 1.807) is 11.3 Å². The second kappa shape index (κ2) is 9.12. The lowest BCUT2D eigenvalue weighted by Gasteiger charge is -2.17. The molecule has 1 amide bonds. The van der Waals surface area contributed by atoms with Crippen molar-refractivity contribution in [2.75, 3.05) is 13.1 Å². The van der Waals surface area contributed by atoms with Crippen LogP contribution < -0.4 is 10.6 Å². The lowest BCUT2D eigenvalue weighted by Crippen LogP contribution is -2.36. The molecule has 0 aliphatic rings. The first-order valence-corrected chi connectivity index (χ1v) is 9.95. The monoisotopic (exact) mass is 387 g/mol. The van der Waals surface area contributed by atoms with Gasteiger partial charge in [-0.2, -0.15) is 0 Å². The fraction of sp³-hybridized carbons (Fsp3) is 0.300. The van der Waals surface area contributed by atoms with E-state index >= 15 is 0 Å². The molecule has 3 rings (SSSR count). The van der Waals surface area contributed by atoms with Gasteiger partial charge in [0.15, 0.2) is 0 Å². The number of para-hydroxylation sites is 1. The number of rotatable bonds is 8. The first kappa shape index (κ1) is 18.8. The van der Waals surface area contributed by atoms with E-state index in [1.807, 2.05) is 42.5 Å². The van der Waals surface area contributed by atoms with Crippen LogP contribution in [-0.2, 0) is 11.2 Å². The van der Waals surface area contributed by atoms with Gasteiger partial charge in [-0.05, 0) is 36.2 Å². The molecule has 0 saturated heterocycles. The van der Waals surface area contributed by atoms with Gasteiger partial charge in [-0.15, -0.1) is 11.3 Å². The highest BCUT2D eigenvalue weighted by atomic mass is 35.5. The predicted octanol–water partition coefficient (Wildman–Crippen LogP) is 4.35. The summed E-state index contributed by atoms with van der Waals surface area (Å²) in [6.07, 6.45) is 1.65. The van der Waals surface area contributed by atoms with Gasteiger partial charge in [0.05, 0.1) is 21.8 Å². The Balaban J connectivity index is 1.44. The molecule has 1 heterocycles. The molecular formula is C20H22ClN3OS. The molecule has 2 N–H and O–H groups in total. The zero-order chi connectivity index (χ0) is 18.4. The molecule has 0 spiro atoms. The van der Waals surface area contributed by atoms with Crippen LogP contribution in [0.1, 0.15) is 30.0 Å². The quantitative estimate of drug-likeness (QED) is 0.604. The van der Waals surface area contributed by atoms with Crippen LogP contribution in [0.4, 0.5) is 0 Å². The fourth-order valence-corrected chi connectivity index (χ4v) is 3.90. The van der Waals surface area contributed by atoms with Crippen LogP contribution >= 0.6 is 22.9 Å². The minimum absolute atomic E-state index is 0.00137. The van der Waals surface area contributed by atoms with E-state index < -0.39 is 0 Å². The van der Waals surface area contributed by atoms with Gasteiger partial charge in [0, 0.05) is 24.0 Å². The largest absolute Gasteiger partial charge is 0.355 e. The summed E-state index contributed by atoms with van der Waals surface area (Å²) in [6.45, 7) is 2.98. The zero-order valence-corrected chi connectivity index (χ0v) is 16.2. The van der Waals surface area contributed by atoms with E-state index in [2.05, 4.69) is 28.6 Å². The molecule has 0 saturated carbocycles. The Morgan fingerprint density at radius 2 is 1.96 bits per heavy atom. The first-order chi connectivity index (χ1) is 12.7. The number of halogens is 1. The van der Waals surface area contributed by atoms with Crippen LogP contribution in [0, 0.1) is 0 Å². The van der Waals surface area contributed by atoms with Gasteiger partial charge in [0.1, 0.15) is 0 Å². The molecule has 4 nitrogen and oxygen atoms in total. The summed E-state index contributed by atoms with van der Waals surface area (Å²) in [7, 11) is 0. The number of fused-ring (bicyclic) bond motifs is 1. The van der Waals surface area contributed by atoms with Crippen molar-refractivity contribution in [3.8, 4) is 0 Å². The number of hydrogen-bond donors (Lipinski definition) is 2. The van der Waals surface area contributed by atoms with E-state index in [0.29, 0.717) is 13.1 Å². The number of carbonyl (C=O) groups excluding carboxylic acids is 1. The Kier molecular flexibility index (Phi) is 6.61. The van der Waals surface area contributed by atoms with Gasteiger partial charge < -0.3 is 10.6 Å². The molecule has 136 valence electrons. The maximum absolute atomic E-state index is 12.1. The van der Waals surface area contributed by atoms with Crippen LogP contribution in [0.3, 0.4) is 0 Å². The lowest BCUT2D eigenvalue weighted by atomic mass is 10.0. The van der Waals surface area contributed by atoms with Crippen LogP contribution in [0.2, 0.25) is 5.02 Å². The first-order valence-electron chi connectivity index (χ1n) is 8.75. The third-order valence-electron chi connectivity index (χ3n) is 4.19. The third-order valence-corrected chi connectivity index (χ3v) is 5.54. The highest BCUT2D eigenvalue weighted by molar-refractivity contribution is 7.18. The van der Waals surface area contributed by atoms with Crippen LogP contribution in [0.15, 0.2) is 48.5 Å². The molecule has 3 aromatic rings. The van der Waals surface area contributed by atoms with Gasteiger partial charge in [-0.1, -0.05) is 42.8 Å². The summed E-state index contributed by atoms with van der Waals surface area (Å²) in [5.41, 5.74) is 2.16. The van der Waals surface area contributed by atoms with Crippen molar-refractivity contribution in [1.82, 2.24) is 15.6 Å². The fourth-order valence-electron chi connectivity index (χ4n) is 2.81. The highest BCUT2D eigenvalue weighted by Crippen LogP contribution is 2.21. The van der Waals surface area contributed by atoms with Gasteiger partial charge in [0.2, 0.25) is 5.91 Å². The van der Waals surface area contributed by atoms with E-state index in [9.17, 15) is 4.79 Å². The summed E-state index contributed by atoms with van der Waals surface area (Å²) >= 11 is 7.61. The molecule has 1 atom stereocenters. The maximum atomic E-state index is 12.1. The Labute approximate surface area is 162 Å². The molecule has 1 aromatic heterocycles. The van der Waals surface area contributed by atoms with Crippen molar-refractivity contribution in [3.63, 3.8) is 0 Å². The van der Waals surface area contributed by atoms with Gasteiger partial charge in [-0.25, -0.2) is 4.98 Å². The van der Waals surface area contributed by atoms with Crippen molar-refractivity contribution in [2.45, 2.75) is 25.8 Å². The van der Waals surface area contributed by atoms with Gasteiger partial charge in [-0.3, -0.25) is 4.79 Å². The minimum atomic E-state index is -0.00137. The molecule has 1 unspecified atom stereocenters. The standard InChI is InChI=1S/C20H22ClN3OS/c1-2-16(14-7-9-15(21)10-8-14)23-13-19(25)22-12-11-20-24-17-5-3-4-6-18(17)26-20/h3-10,16,23H,2,11-13H2,1H3,(H,22,25). The normalized spacial score (nSPS) is 12.2. The molecule has 0 radical (unpaired) electrons. The van der Waals surface area contributed by atoms with Crippen molar-refractivity contribution in [2.24, 2.45) is 0 Å². The maximum Gasteiger partial charge on any atom is 0.233 e. The summed E-state index contributed by atoms with van der Waals surface area (Å²) in [4.78, 5) is 16.7. The molecule has 0 aliphatic heterocycles. The highest BCUT2D eigenvalue weighted by Gasteiger charge is 2.11. The van der Waals surface area contributed by atoms with Gasteiger partial charge in [0.25, 0.3) is 0 Å². The second-order valence-corrected chi connectivity index (χ2v) is 7.62. The van der Waals surface area contributed by atoms with E-state index in [0.717, 1.165) is 34.0 Å². The summed E-state index contributed by atoms with van der Waals surface area (Å²) in [5, 5.41) is 8.03. The van der Waals surface area contributed by atoms with E-state index in [4.69, 9.17) is 11.6 Å². The zero-order valence-electron chi connectivity index (χ0n) is 14.7.